The molecule has 0 bridgehead atoms. The fourth-order valence-electron chi connectivity index (χ4n) is 4.80. The Kier molecular flexibility index (Phi) is 30.5. The van der Waals surface area contributed by atoms with Gasteiger partial charge in [-0.1, -0.05) is 180 Å². The molecule has 0 aliphatic carbocycles. The summed E-state index contributed by atoms with van der Waals surface area (Å²) in [5.41, 5.74) is 0. The van der Waals surface area contributed by atoms with E-state index < -0.39 is 0 Å². The maximum absolute atomic E-state index is 2.45. The van der Waals surface area contributed by atoms with Crippen molar-refractivity contribution in [1.29, 1.82) is 0 Å². The van der Waals surface area contributed by atoms with E-state index in [-0.39, 0.29) is 0 Å². The predicted molar refractivity (Wildman–Crippen MR) is 150 cm³/mol. The van der Waals surface area contributed by atoms with E-state index in [1.54, 1.807) is 0 Å². The van der Waals surface area contributed by atoms with Crippen LogP contribution < -0.4 is 0 Å². The first kappa shape index (κ1) is 31.7. The first-order valence-corrected chi connectivity index (χ1v) is 15.6. The van der Waals surface area contributed by atoms with Gasteiger partial charge in [-0.05, 0) is 25.7 Å². The Morgan fingerprint density at radius 3 is 0.656 bits per heavy atom. The fourth-order valence-corrected chi connectivity index (χ4v) is 4.80. The lowest BCUT2D eigenvalue weighted by Gasteiger charge is -2.04. The molecule has 0 amide bonds. The topological polar surface area (TPSA) is 0 Å². The van der Waals surface area contributed by atoms with Gasteiger partial charge in [0, 0.05) is 0 Å². The monoisotopic (exact) mass is 449 g/mol. The van der Waals surface area contributed by atoms with Crippen LogP contribution in [0.4, 0.5) is 0 Å². The van der Waals surface area contributed by atoms with Gasteiger partial charge < -0.3 is 0 Å². The van der Waals surface area contributed by atoms with Gasteiger partial charge in [0.15, 0.2) is 0 Å². The zero-order valence-electron chi connectivity index (χ0n) is 23.0. The van der Waals surface area contributed by atoms with Crippen molar-refractivity contribution in [2.75, 3.05) is 0 Å². The Hall–Kier alpha value is -0.260. The molecule has 0 heterocycles. The average molecular weight is 449 g/mol. The minimum atomic E-state index is 1.31. The van der Waals surface area contributed by atoms with Crippen LogP contribution in [0.5, 0.6) is 0 Å². The van der Waals surface area contributed by atoms with Gasteiger partial charge in [0.2, 0.25) is 0 Å². The van der Waals surface area contributed by atoms with Gasteiger partial charge in [-0.25, -0.2) is 0 Å². The van der Waals surface area contributed by atoms with Gasteiger partial charge in [0.1, 0.15) is 0 Å². The fraction of sp³-hybridized carbons (Fsp3) is 0.938. The molecular formula is C32H64. The van der Waals surface area contributed by atoms with E-state index >= 15 is 0 Å². The molecule has 0 aliphatic rings. The van der Waals surface area contributed by atoms with Crippen LogP contribution in [0.2, 0.25) is 0 Å². The van der Waals surface area contributed by atoms with Crippen LogP contribution in [0, 0.1) is 0 Å². The Morgan fingerprint density at radius 2 is 0.438 bits per heavy atom. The van der Waals surface area contributed by atoms with Crippen molar-refractivity contribution in [3.63, 3.8) is 0 Å². The Morgan fingerprint density at radius 1 is 0.250 bits per heavy atom. The minimum absolute atomic E-state index is 1.31. The zero-order chi connectivity index (χ0) is 23.2. The summed E-state index contributed by atoms with van der Waals surface area (Å²) in [6.07, 6.45) is 45.4. The first-order valence-electron chi connectivity index (χ1n) is 15.6. The summed E-state index contributed by atoms with van der Waals surface area (Å²) in [5, 5.41) is 0. The lowest BCUT2D eigenvalue weighted by atomic mass is 10.0. The lowest BCUT2D eigenvalue weighted by Crippen LogP contribution is -1.84. The molecule has 0 aliphatic heterocycles. The molecule has 0 aromatic rings. The van der Waals surface area contributed by atoms with E-state index in [0.717, 1.165) is 0 Å². The molecule has 0 radical (unpaired) electrons. The lowest BCUT2D eigenvalue weighted by molar-refractivity contribution is 0.522. The van der Waals surface area contributed by atoms with Gasteiger partial charge in [-0.2, -0.15) is 0 Å². The van der Waals surface area contributed by atoms with Crippen LogP contribution >= 0.6 is 0 Å². The molecule has 0 unspecified atom stereocenters. The molecule has 0 saturated heterocycles. The van der Waals surface area contributed by atoms with Crippen LogP contribution in [-0.4, -0.2) is 0 Å². The Bertz CT molecular complexity index is 329. The molecule has 0 fully saturated rings. The number of unbranched alkanes of at least 4 members (excludes halogenated alkanes) is 26. The van der Waals surface area contributed by atoms with Crippen molar-refractivity contribution in [3.05, 3.63) is 12.2 Å². The highest BCUT2D eigenvalue weighted by Gasteiger charge is 1.95. The molecule has 0 heteroatoms. The quantitative estimate of drug-likeness (QED) is 0.0824. The van der Waals surface area contributed by atoms with E-state index in [4.69, 9.17) is 0 Å². The van der Waals surface area contributed by atoms with Gasteiger partial charge in [0.05, 0.1) is 0 Å². The van der Waals surface area contributed by atoms with E-state index in [1.807, 2.05) is 0 Å². The van der Waals surface area contributed by atoms with Crippen molar-refractivity contribution in [1.82, 2.24) is 0 Å². The maximum Gasteiger partial charge on any atom is -0.0351 e. The largest absolute Gasteiger partial charge is 0.0885 e. The number of allylic oxidation sites excluding steroid dienone is 2. The second-order valence-electron chi connectivity index (χ2n) is 10.5. The third-order valence-corrected chi connectivity index (χ3v) is 7.12. The molecule has 0 spiro atoms. The van der Waals surface area contributed by atoms with Crippen LogP contribution in [0.1, 0.15) is 194 Å². The maximum atomic E-state index is 2.45. The average Bonchev–Trinajstić information content (AvgIpc) is 2.81. The van der Waals surface area contributed by atoms with Crippen molar-refractivity contribution >= 4 is 0 Å². The Labute approximate surface area is 205 Å². The van der Waals surface area contributed by atoms with Gasteiger partial charge in [-0.3, -0.25) is 0 Å². The van der Waals surface area contributed by atoms with Gasteiger partial charge in [0.25, 0.3) is 0 Å². The van der Waals surface area contributed by atoms with Crippen LogP contribution in [-0.2, 0) is 0 Å². The normalized spacial score (nSPS) is 11.7. The summed E-state index contributed by atoms with van der Waals surface area (Å²) in [5.74, 6) is 0. The highest BCUT2D eigenvalue weighted by Crippen LogP contribution is 2.15. The zero-order valence-corrected chi connectivity index (χ0v) is 23.0. The van der Waals surface area contributed by atoms with Crippen LogP contribution in [0.15, 0.2) is 12.2 Å². The summed E-state index contributed by atoms with van der Waals surface area (Å²) < 4.78 is 0. The van der Waals surface area contributed by atoms with Crippen molar-refractivity contribution in [3.8, 4) is 0 Å². The molecule has 32 heavy (non-hydrogen) atoms. The number of rotatable bonds is 28. The highest BCUT2D eigenvalue weighted by molar-refractivity contribution is 4.81. The summed E-state index contributed by atoms with van der Waals surface area (Å²) >= 11 is 0. The highest BCUT2D eigenvalue weighted by atomic mass is 14.0. The summed E-state index contributed by atoms with van der Waals surface area (Å²) in [7, 11) is 0. The molecular weight excluding hydrogens is 384 g/mol. The van der Waals surface area contributed by atoms with E-state index in [1.165, 1.54) is 180 Å². The molecule has 0 aromatic heterocycles. The SMILES string of the molecule is CCCCCCCCC=CCCCCCCCCCCCCCCCCCCCCCC. The first-order chi connectivity index (χ1) is 15.9. The van der Waals surface area contributed by atoms with Crippen molar-refractivity contribution < 1.29 is 0 Å². The van der Waals surface area contributed by atoms with Crippen LogP contribution in [0.3, 0.4) is 0 Å². The minimum Gasteiger partial charge on any atom is -0.0885 e. The smallest absolute Gasteiger partial charge is 0.0351 e. The number of hydrogen-bond donors (Lipinski definition) is 0. The third kappa shape index (κ3) is 29.7. The van der Waals surface area contributed by atoms with Crippen molar-refractivity contribution in [2.45, 2.75) is 194 Å². The number of hydrogen-bond acceptors (Lipinski definition) is 0. The standard InChI is InChI=1S/C32H64/c1-3-5-7-9-11-13-15-17-19-21-23-25-27-29-31-32-30-28-26-24-22-20-18-16-14-12-10-8-6-4-2/h17,19H,3-16,18,20-32H2,1-2H3. The summed E-state index contributed by atoms with van der Waals surface area (Å²) in [4.78, 5) is 0. The van der Waals surface area contributed by atoms with Gasteiger partial charge >= 0.3 is 0 Å². The van der Waals surface area contributed by atoms with Crippen LogP contribution in [0.25, 0.3) is 0 Å². The molecule has 0 nitrogen and oxygen atoms in total. The van der Waals surface area contributed by atoms with E-state index in [2.05, 4.69) is 26.0 Å². The third-order valence-electron chi connectivity index (χ3n) is 7.12. The second kappa shape index (κ2) is 30.7. The molecule has 0 saturated carbocycles. The summed E-state index contributed by atoms with van der Waals surface area (Å²) in [6.45, 7) is 4.60. The van der Waals surface area contributed by atoms with E-state index in [9.17, 15) is 0 Å². The Balaban J connectivity index is 3.04. The molecule has 0 atom stereocenters. The molecule has 0 aromatic carbocycles. The summed E-state index contributed by atoms with van der Waals surface area (Å²) in [6, 6.07) is 0. The second-order valence-corrected chi connectivity index (χ2v) is 10.5. The predicted octanol–water partition coefficient (Wildman–Crippen LogP) is 12.5. The van der Waals surface area contributed by atoms with Crippen molar-refractivity contribution in [2.24, 2.45) is 0 Å². The van der Waals surface area contributed by atoms with Gasteiger partial charge in [-0.15, -0.1) is 0 Å². The molecule has 0 N–H and O–H groups in total. The van der Waals surface area contributed by atoms with E-state index in [0.29, 0.717) is 0 Å². The molecule has 0 rings (SSSR count). The molecule has 192 valence electrons.